The van der Waals surface area contributed by atoms with Crippen LogP contribution in [-0.4, -0.2) is 94.6 Å². The van der Waals surface area contributed by atoms with E-state index in [1.807, 2.05) is 97.1 Å². The molecule has 4 atom stereocenters. The maximum Gasteiger partial charge on any atom is 0.189 e. The molecule has 7 heteroatoms. The van der Waals surface area contributed by atoms with Crippen molar-refractivity contribution >= 4 is 28.5 Å². The first-order chi connectivity index (χ1) is 31.1. The van der Waals surface area contributed by atoms with Crippen molar-refractivity contribution in [2.75, 3.05) is 67.5 Å². The molecule has 0 bridgehead atoms. The van der Waals surface area contributed by atoms with E-state index in [2.05, 4.69) is 85.0 Å². The molecule has 0 spiro atoms. The molecule has 2 heterocycles. The molecule has 3 unspecified atom stereocenters. The van der Waals surface area contributed by atoms with Crippen molar-refractivity contribution in [1.29, 1.82) is 0 Å². The lowest BCUT2D eigenvalue weighted by molar-refractivity contribution is -0.137. The number of hydrogen-bond donors (Lipinski definition) is 2. The molecular weight excluding hydrogens is 789 g/mol. The number of carbonyl (C=O) groups is 3. The molecule has 2 aliphatic heterocycles. The molecule has 2 aliphatic carbocycles. The lowest BCUT2D eigenvalue weighted by Crippen LogP contribution is -2.54. The van der Waals surface area contributed by atoms with Gasteiger partial charge < -0.3 is 20.4 Å². The quantitative estimate of drug-likeness (QED) is 0.109. The summed E-state index contributed by atoms with van der Waals surface area (Å²) in [4.78, 5) is 52.6. The van der Waals surface area contributed by atoms with E-state index in [1.54, 1.807) is 0 Å². The second-order valence-electron chi connectivity index (χ2n) is 19.1. The molecule has 332 valence electrons. The number of hydrogen-bond acceptors (Lipinski definition) is 7. The van der Waals surface area contributed by atoms with Crippen molar-refractivity contribution in [3.05, 3.63) is 178 Å². The number of piperidine rings is 2. The number of nitrogens with one attached hydrogen (secondary N) is 2. The van der Waals surface area contributed by atoms with Gasteiger partial charge >= 0.3 is 0 Å². The lowest BCUT2D eigenvalue weighted by Gasteiger charge is -2.52. The molecule has 0 amide bonds. The fraction of sp³-hybridized carbons (Fsp3) is 0.386. The van der Waals surface area contributed by atoms with Crippen LogP contribution < -0.4 is 10.6 Å². The second-order valence-corrected chi connectivity index (χ2v) is 19.1. The zero-order chi connectivity index (χ0) is 44.7. The Hall–Kier alpha value is -5.31. The molecule has 0 aromatic heterocycles. The van der Waals surface area contributed by atoms with E-state index in [4.69, 9.17) is 0 Å². The third-order valence-electron chi connectivity index (χ3n) is 14.4. The zero-order valence-corrected chi connectivity index (χ0v) is 38.4. The SMILES string of the molecule is CN(C)CCC1(C(=O)C2(CCN(C)C)CC(C(=O)c3ccccc3)=C(c3ccccc3)C=C2[C@H]2CCCNC2)CC(C(=O)c2ccccc2)=C(c2ccccc2)C=C1C1CCCNC1. The Morgan fingerprint density at radius 2 is 0.891 bits per heavy atom. The fourth-order valence-electron chi connectivity index (χ4n) is 11.1. The number of ketones is 3. The van der Waals surface area contributed by atoms with Crippen LogP contribution in [0.2, 0.25) is 0 Å². The summed E-state index contributed by atoms with van der Waals surface area (Å²) >= 11 is 0. The van der Waals surface area contributed by atoms with Gasteiger partial charge in [-0.1, -0.05) is 145 Å². The first-order valence-electron chi connectivity index (χ1n) is 23.6. The topological polar surface area (TPSA) is 81.8 Å². The van der Waals surface area contributed by atoms with Gasteiger partial charge in [0.15, 0.2) is 17.3 Å². The van der Waals surface area contributed by atoms with E-state index in [-0.39, 0.29) is 42.0 Å². The highest BCUT2D eigenvalue weighted by molar-refractivity contribution is 6.18. The summed E-state index contributed by atoms with van der Waals surface area (Å²) in [6.07, 6.45) is 10.2. The third-order valence-corrected chi connectivity index (χ3v) is 14.4. The van der Waals surface area contributed by atoms with Crippen molar-refractivity contribution in [3.8, 4) is 0 Å². The van der Waals surface area contributed by atoms with E-state index in [0.717, 1.165) is 85.3 Å². The molecule has 64 heavy (non-hydrogen) atoms. The standard InChI is InChI=1S/C57H66N4O3/c1-60(2)33-29-56(37-49(53(62)43-23-13-7-14-24-43)47(41-19-9-5-10-20-41)35-51(56)45-27-17-31-58-39-45)55(64)57(30-34-61(3)4)38-50(54(63)44-25-15-8-16-26-44)48(42-21-11-6-12-22-42)36-52(57)46-28-18-32-59-40-46/h5-16,19-26,35-36,45-46,58-59H,17-18,27-34,37-40H2,1-4H3/t45-,46?,56?,57?/m0/s1. The van der Waals surface area contributed by atoms with E-state index >= 15 is 14.4 Å². The Morgan fingerprint density at radius 1 is 0.531 bits per heavy atom. The molecule has 4 aromatic rings. The molecule has 4 aliphatic rings. The second kappa shape index (κ2) is 20.2. The molecular formula is C57H66N4O3. The van der Waals surface area contributed by atoms with Gasteiger partial charge in [-0.05, 0) is 140 Å². The van der Waals surface area contributed by atoms with Crippen LogP contribution in [0.4, 0.5) is 0 Å². The molecule has 2 fully saturated rings. The van der Waals surface area contributed by atoms with Crippen LogP contribution in [-0.2, 0) is 4.79 Å². The average molecular weight is 855 g/mol. The van der Waals surface area contributed by atoms with Gasteiger partial charge in [0.1, 0.15) is 0 Å². The Balaban J connectivity index is 1.42. The summed E-state index contributed by atoms with van der Waals surface area (Å²) < 4.78 is 0. The number of rotatable bonds is 16. The van der Waals surface area contributed by atoms with Gasteiger partial charge in [-0.25, -0.2) is 0 Å². The summed E-state index contributed by atoms with van der Waals surface area (Å²) in [7, 11) is 8.34. The van der Waals surface area contributed by atoms with Crippen LogP contribution in [0.5, 0.6) is 0 Å². The first kappa shape index (κ1) is 45.3. The lowest BCUT2D eigenvalue weighted by atomic mass is 9.50. The summed E-state index contributed by atoms with van der Waals surface area (Å²) in [5.74, 6) is 0.261. The van der Waals surface area contributed by atoms with E-state index in [0.29, 0.717) is 48.2 Å². The summed E-state index contributed by atoms with van der Waals surface area (Å²) in [6.45, 7) is 4.73. The highest BCUT2D eigenvalue weighted by atomic mass is 16.1. The van der Waals surface area contributed by atoms with Gasteiger partial charge in [0, 0.05) is 35.4 Å². The smallest absolute Gasteiger partial charge is 0.189 e. The molecule has 4 aromatic carbocycles. The number of nitrogens with zero attached hydrogens (tertiary/aromatic N) is 2. The third kappa shape index (κ3) is 9.41. The normalized spacial score (nSPS) is 24.1. The Bertz CT molecular complexity index is 2240. The summed E-state index contributed by atoms with van der Waals surface area (Å²) in [6, 6.07) is 39.8. The van der Waals surface area contributed by atoms with Crippen LogP contribution in [0.15, 0.2) is 156 Å². The van der Waals surface area contributed by atoms with Crippen molar-refractivity contribution in [2.45, 2.75) is 51.4 Å². The van der Waals surface area contributed by atoms with Crippen molar-refractivity contribution in [3.63, 3.8) is 0 Å². The van der Waals surface area contributed by atoms with Gasteiger partial charge in [0.25, 0.3) is 0 Å². The minimum Gasteiger partial charge on any atom is -0.316 e. The summed E-state index contributed by atoms with van der Waals surface area (Å²) in [5, 5.41) is 7.44. The number of benzene rings is 4. The fourth-order valence-corrected chi connectivity index (χ4v) is 11.1. The molecule has 7 nitrogen and oxygen atoms in total. The van der Waals surface area contributed by atoms with Crippen LogP contribution in [0, 0.1) is 22.7 Å². The predicted octanol–water partition coefficient (Wildman–Crippen LogP) is 9.76. The minimum absolute atomic E-state index is 0.0389. The largest absolute Gasteiger partial charge is 0.316 e. The maximum atomic E-state index is 17.6. The van der Waals surface area contributed by atoms with Crippen molar-refractivity contribution in [1.82, 2.24) is 20.4 Å². The number of carbonyl (C=O) groups excluding carboxylic acids is 3. The number of Topliss-reactive ketones (excluding diaryl/α,β-unsaturated/α-hetero) is 3. The zero-order valence-electron chi connectivity index (χ0n) is 38.4. The van der Waals surface area contributed by atoms with Crippen molar-refractivity contribution < 1.29 is 14.4 Å². The van der Waals surface area contributed by atoms with Crippen LogP contribution in [0.25, 0.3) is 11.1 Å². The van der Waals surface area contributed by atoms with E-state index < -0.39 is 10.8 Å². The Morgan fingerprint density at radius 3 is 1.22 bits per heavy atom. The Kier molecular flexibility index (Phi) is 14.3. The van der Waals surface area contributed by atoms with E-state index in [1.165, 1.54) is 0 Å². The van der Waals surface area contributed by atoms with Crippen molar-refractivity contribution in [2.24, 2.45) is 22.7 Å². The van der Waals surface area contributed by atoms with Gasteiger partial charge in [-0.3, -0.25) is 14.4 Å². The first-order valence-corrected chi connectivity index (χ1v) is 23.6. The summed E-state index contributed by atoms with van der Waals surface area (Å²) in [5.41, 5.74) is 6.56. The van der Waals surface area contributed by atoms with Gasteiger partial charge in [0.2, 0.25) is 0 Å². The highest BCUT2D eigenvalue weighted by Crippen LogP contribution is 2.59. The predicted molar refractivity (Wildman–Crippen MR) is 261 cm³/mol. The molecule has 2 N–H and O–H groups in total. The van der Waals surface area contributed by atoms with E-state index in [9.17, 15) is 0 Å². The van der Waals surface area contributed by atoms with Crippen LogP contribution in [0.1, 0.15) is 83.2 Å². The van der Waals surface area contributed by atoms with Gasteiger partial charge in [0.05, 0.1) is 10.8 Å². The Labute approximate surface area is 381 Å². The molecule has 0 saturated carbocycles. The monoisotopic (exact) mass is 855 g/mol. The van der Waals surface area contributed by atoms with Crippen LogP contribution in [0.3, 0.4) is 0 Å². The molecule has 8 rings (SSSR count). The average Bonchev–Trinajstić information content (AvgIpc) is 3.35. The minimum atomic E-state index is -1.05. The van der Waals surface area contributed by atoms with Gasteiger partial charge in [-0.2, -0.15) is 0 Å². The van der Waals surface area contributed by atoms with Crippen LogP contribution >= 0.6 is 0 Å². The van der Waals surface area contributed by atoms with Gasteiger partial charge in [-0.15, -0.1) is 0 Å². The molecule has 2 saturated heterocycles. The highest BCUT2D eigenvalue weighted by Gasteiger charge is 2.58. The maximum absolute atomic E-state index is 17.6. The number of allylic oxidation sites excluding steroid dienone is 6. The molecule has 0 radical (unpaired) electrons.